The Hall–Kier alpha value is -2.34. The first-order chi connectivity index (χ1) is 14.5. The van der Waals surface area contributed by atoms with Gasteiger partial charge in [-0.05, 0) is 31.4 Å². The topological polar surface area (TPSA) is 81.7 Å². The predicted octanol–water partition coefficient (Wildman–Crippen LogP) is 2.55. The van der Waals surface area contributed by atoms with Gasteiger partial charge in [0.15, 0.2) is 0 Å². The molecule has 1 aromatic rings. The van der Waals surface area contributed by atoms with E-state index in [0.29, 0.717) is 13.0 Å². The number of carbonyl (C=O) groups excluding carboxylic acids is 2. The van der Waals surface area contributed by atoms with Gasteiger partial charge in [0.2, 0.25) is 0 Å². The molecule has 0 bridgehead atoms. The fourth-order valence-corrected chi connectivity index (χ4v) is 2.86. The summed E-state index contributed by atoms with van der Waals surface area (Å²) in [5, 5.41) is 13.4. The summed E-state index contributed by atoms with van der Waals surface area (Å²) in [6.07, 6.45) is -9.16. The minimum atomic E-state index is -4.97. The zero-order valence-corrected chi connectivity index (χ0v) is 16.6. The highest BCUT2D eigenvalue weighted by Crippen LogP contribution is 2.21. The number of amides is 2. The normalized spacial score (nSPS) is 13.2. The van der Waals surface area contributed by atoms with Gasteiger partial charge >= 0.3 is 24.2 Å². The lowest BCUT2D eigenvalue weighted by atomic mass is 10.1. The van der Waals surface area contributed by atoms with Crippen molar-refractivity contribution < 1.29 is 41.0 Å². The number of alkyl halides is 6. The summed E-state index contributed by atoms with van der Waals surface area (Å²) >= 11 is 0. The molecule has 0 saturated carbocycles. The van der Waals surface area contributed by atoms with Crippen LogP contribution in [0.3, 0.4) is 0 Å². The van der Waals surface area contributed by atoms with Gasteiger partial charge in [0, 0.05) is 19.6 Å². The molecule has 0 fully saturated rings. The highest BCUT2D eigenvalue weighted by molar-refractivity contribution is 5.81. The van der Waals surface area contributed by atoms with Crippen molar-refractivity contribution in [2.75, 3.05) is 32.8 Å². The number of halogens is 6. The number of hydrogen-bond acceptors (Lipinski definition) is 4. The summed E-state index contributed by atoms with van der Waals surface area (Å²) in [6, 6.07) is 8.34. The number of carbonyl (C=O) groups is 2. The minimum Gasteiger partial charge on any atom is -0.394 e. The summed E-state index contributed by atoms with van der Waals surface area (Å²) in [5.74, 6) is -4.07. The Balaban J connectivity index is 2.62. The molecule has 3 N–H and O–H groups in total. The Bertz CT molecular complexity index is 683. The lowest BCUT2D eigenvalue weighted by Gasteiger charge is -2.31. The lowest BCUT2D eigenvalue weighted by Crippen LogP contribution is -2.39. The van der Waals surface area contributed by atoms with Crippen molar-refractivity contribution in [3.63, 3.8) is 0 Å². The van der Waals surface area contributed by atoms with Gasteiger partial charge in [-0.25, -0.2) is 0 Å². The van der Waals surface area contributed by atoms with E-state index in [1.807, 2.05) is 0 Å². The molecule has 0 spiro atoms. The van der Waals surface area contributed by atoms with Gasteiger partial charge in [-0.2, -0.15) is 26.3 Å². The molecule has 6 nitrogen and oxygen atoms in total. The molecule has 0 aliphatic carbocycles. The molecule has 0 aliphatic rings. The number of nitrogens with one attached hydrogen (secondary N) is 2. The quantitative estimate of drug-likeness (QED) is 0.333. The van der Waals surface area contributed by atoms with Crippen LogP contribution < -0.4 is 10.6 Å². The lowest BCUT2D eigenvalue weighted by molar-refractivity contribution is -0.173. The van der Waals surface area contributed by atoms with Crippen molar-refractivity contribution >= 4 is 11.8 Å². The molecule has 0 heterocycles. The van der Waals surface area contributed by atoms with E-state index in [1.54, 1.807) is 45.9 Å². The largest absolute Gasteiger partial charge is 0.471 e. The van der Waals surface area contributed by atoms with Crippen molar-refractivity contribution in [1.82, 2.24) is 15.5 Å². The van der Waals surface area contributed by atoms with Crippen LogP contribution in [0.15, 0.2) is 30.3 Å². The van der Waals surface area contributed by atoms with Gasteiger partial charge in [0.05, 0.1) is 12.6 Å². The molecule has 31 heavy (non-hydrogen) atoms. The average molecular weight is 457 g/mol. The monoisotopic (exact) mass is 457 g/mol. The molecule has 0 aliphatic heterocycles. The molecule has 12 heteroatoms. The second-order valence-corrected chi connectivity index (χ2v) is 6.71. The van der Waals surface area contributed by atoms with Crippen LogP contribution in [-0.4, -0.2) is 67.0 Å². The standard InChI is InChI=1S/C19H25F6N3O3/c20-18(21,22)16(30)26-9-4-5-11-28(12-6-10-27-17(31)19(23,24)25)15(13-29)14-7-2-1-3-8-14/h1-3,7-8,15,29H,4-6,9-13H2,(H,26,30)(H,27,31). The van der Waals surface area contributed by atoms with E-state index in [-0.39, 0.29) is 39.1 Å². The summed E-state index contributed by atoms with van der Waals surface area (Å²) < 4.78 is 73.3. The maximum absolute atomic E-state index is 12.3. The molecule has 0 saturated heterocycles. The molecule has 1 aromatic carbocycles. The number of nitrogens with zero attached hydrogens (tertiary/aromatic N) is 1. The Kier molecular flexibility index (Phi) is 10.8. The number of unbranched alkanes of at least 4 members (excludes halogenated alkanes) is 1. The van der Waals surface area contributed by atoms with Crippen molar-refractivity contribution in [2.45, 2.75) is 37.7 Å². The van der Waals surface area contributed by atoms with Crippen LogP contribution in [0.5, 0.6) is 0 Å². The molecule has 176 valence electrons. The molecule has 0 radical (unpaired) electrons. The van der Waals surface area contributed by atoms with E-state index in [1.165, 1.54) is 0 Å². The Morgan fingerprint density at radius 2 is 1.32 bits per heavy atom. The van der Waals surface area contributed by atoms with Gasteiger partial charge in [-0.3, -0.25) is 14.5 Å². The second-order valence-electron chi connectivity index (χ2n) is 6.71. The van der Waals surface area contributed by atoms with Crippen LogP contribution in [0.25, 0.3) is 0 Å². The van der Waals surface area contributed by atoms with Crippen LogP contribution in [0, 0.1) is 0 Å². The number of aliphatic hydroxyl groups is 1. The van der Waals surface area contributed by atoms with Gasteiger partial charge in [-0.15, -0.1) is 0 Å². The molecule has 1 rings (SSSR count). The maximum Gasteiger partial charge on any atom is 0.471 e. The predicted molar refractivity (Wildman–Crippen MR) is 99.8 cm³/mol. The SMILES string of the molecule is O=C(NCCCCN(CCCNC(=O)C(F)(F)F)C(CO)c1ccccc1)C(F)(F)F. The maximum atomic E-state index is 12.3. The molecular weight excluding hydrogens is 432 g/mol. The fourth-order valence-electron chi connectivity index (χ4n) is 2.86. The smallest absolute Gasteiger partial charge is 0.394 e. The van der Waals surface area contributed by atoms with Crippen LogP contribution in [0.2, 0.25) is 0 Å². The third-order valence-electron chi connectivity index (χ3n) is 4.38. The first kappa shape index (κ1) is 26.7. The van der Waals surface area contributed by atoms with Crippen molar-refractivity contribution in [3.05, 3.63) is 35.9 Å². The van der Waals surface area contributed by atoms with Crippen molar-refractivity contribution in [1.29, 1.82) is 0 Å². The van der Waals surface area contributed by atoms with E-state index < -0.39 is 30.2 Å². The van der Waals surface area contributed by atoms with E-state index in [2.05, 4.69) is 0 Å². The van der Waals surface area contributed by atoms with E-state index in [9.17, 15) is 41.0 Å². The second kappa shape index (κ2) is 12.5. The number of hydrogen-bond donors (Lipinski definition) is 3. The highest BCUT2D eigenvalue weighted by atomic mass is 19.4. The van der Waals surface area contributed by atoms with Crippen molar-refractivity contribution in [3.8, 4) is 0 Å². The zero-order valence-electron chi connectivity index (χ0n) is 16.6. The molecule has 0 aromatic heterocycles. The molecular formula is C19H25F6N3O3. The number of benzene rings is 1. The minimum absolute atomic E-state index is 0.163. The summed E-state index contributed by atoms with van der Waals surface area (Å²) in [7, 11) is 0. The third-order valence-corrected chi connectivity index (χ3v) is 4.38. The van der Waals surface area contributed by atoms with E-state index in [0.717, 1.165) is 5.56 Å². The Morgan fingerprint density at radius 1 is 0.839 bits per heavy atom. The average Bonchev–Trinajstić information content (AvgIpc) is 2.69. The van der Waals surface area contributed by atoms with Crippen LogP contribution in [0.1, 0.15) is 30.9 Å². The van der Waals surface area contributed by atoms with Crippen molar-refractivity contribution in [2.24, 2.45) is 0 Å². The van der Waals surface area contributed by atoms with Gasteiger partial charge in [0.1, 0.15) is 0 Å². The fraction of sp³-hybridized carbons (Fsp3) is 0.579. The van der Waals surface area contributed by atoms with Gasteiger partial charge in [0.25, 0.3) is 0 Å². The number of rotatable bonds is 12. The summed E-state index contributed by atoms with van der Waals surface area (Å²) in [6.45, 7) is -0.168. The van der Waals surface area contributed by atoms with Crippen LogP contribution >= 0.6 is 0 Å². The van der Waals surface area contributed by atoms with Gasteiger partial charge < -0.3 is 15.7 Å². The van der Waals surface area contributed by atoms with E-state index in [4.69, 9.17) is 0 Å². The third kappa shape index (κ3) is 10.0. The molecule has 1 unspecified atom stereocenters. The zero-order chi connectivity index (χ0) is 23.5. The number of aliphatic hydroxyl groups excluding tert-OH is 1. The highest BCUT2D eigenvalue weighted by Gasteiger charge is 2.38. The molecule has 1 atom stereocenters. The molecule has 2 amide bonds. The van der Waals surface area contributed by atoms with E-state index >= 15 is 0 Å². The van der Waals surface area contributed by atoms with Crippen LogP contribution in [-0.2, 0) is 9.59 Å². The first-order valence-corrected chi connectivity index (χ1v) is 9.56. The summed E-state index contributed by atoms with van der Waals surface area (Å²) in [4.78, 5) is 23.5. The Morgan fingerprint density at radius 3 is 1.81 bits per heavy atom. The first-order valence-electron chi connectivity index (χ1n) is 9.56. The van der Waals surface area contributed by atoms with Gasteiger partial charge in [-0.1, -0.05) is 30.3 Å². The summed E-state index contributed by atoms with van der Waals surface area (Å²) in [5.41, 5.74) is 0.759. The van der Waals surface area contributed by atoms with Crippen LogP contribution in [0.4, 0.5) is 26.3 Å². The Labute approximate surface area is 175 Å².